The zero-order chi connectivity index (χ0) is 13.8. The van der Waals surface area contributed by atoms with E-state index in [4.69, 9.17) is 10.5 Å². The predicted octanol–water partition coefficient (Wildman–Crippen LogP) is 1.68. The van der Waals surface area contributed by atoms with Crippen molar-refractivity contribution < 1.29 is 9.53 Å². The summed E-state index contributed by atoms with van der Waals surface area (Å²) in [5.41, 5.74) is 7.86. The van der Waals surface area contributed by atoms with Crippen molar-refractivity contribution in [3.05, 3.63) is 35.4 Å². The van der Waals surface area contributed by atoms with Crippen LogP contribution in [0.4, 0.5) is 0 Å². The fourth-order valence-electron chi connectivity index (χ4n) is 2.32. The van der Waals surface area contributed by atoms with Gasteiger partial charge in [-0.3, -0.25) is 4.79 Å². The van der Waals surface area contributed by atoms with Crippen LogP contribution in [0.15, 0.2) is 24.3 Å². The predicted molar refractivity (Wildman–Crippen MR) is 74.7 cm³/mol. The number of nitrogens with two attached hydrogens (primary N) is 1. The molecular formula is C15H22N2O2. The minimum atomic E-state index is -0.346. The van der Waals surface area contributed by atoms with Gasteiger partial charge in [0.1, 0.15) is 6.10 Å². The average Bonchev–Trinajstić information content (AvgIpc) is 2.88. The van der Waals surface area contributed by atoms with Crippen molar-refractivity contribution in [3.63, 3.8) is 0 Å². The number of aryl methyl sites for hydroxylation is 1. The van der Waals surface area contributed by atoms with Gasteiger partial charge in [0.25, 0.3) is 0 Å². The van der Waals surface area contributed by atoms with E-state index in [9.17, 15) is 4.79 Å². The van der Waals surface area contributed by atoms with E-state index in [2.05, 4.69) is 17.4 Å². The van der Waals surface area contributed by atoms with Crippen LogP contribution in [0.2, 0.25) is 0 Å². The normalized spacial score (nSPS) is 24.2. The van der Waals surface area contributed by atoms with E-state index in [0.717, 1.165) is 18.4 Å². The number of ether oxygens (including phenoxy) is 1. The summed E-state index contributed by atoms with van der Waals surface area (Å²) in [7, 11) is 0. The largest absolute Gasteiger partial charge is 0.364 e. The van der Waals surface area contributed by atoms with Gasteiger partial charge in [-0.2, -0.15) is 0 Å². The lowest BCUT2D eigenvalue weighted by atomic mass is 10.1. The molecule has 1 fully saturated rings. The summed E-state index contributed by atoms with van der Waals surface area (Å²) in [5, 5.41) is 3.00. The van der Waals surface area contributed by atoms with E-state index in [1.807, 2.05) is 26.0 Å². The standard InChI is InChI=1S/C15H22N2O2/c1-10-3-5-12(6-4-10)11(2)17-15(18)14-8-7-13(9-16)19-14/h3-6,11,13-14H,7-9,16H2,1-2H3,(H,17,18)/t11-,13?,14?/m1/s1. The van der Waals surface area contributed by atoms with Crippen molar-refractivity contribution in [1.29, 1.82) is 0 Å². The first-order valence-electron chi connectivity index (χ1n) is 6.82. The van der Waals surface area contributed by atoms with Crippen molar-refractivity contribution in [2.75, 3.05) is 6.54 Å². The first-order chi connectivity index (χ1) is 9.10. The van der Waals surface area contributed by atoms with Crippen LogP contribution < -0.4 is 11.1 Å². The monoisotopic (exact) mass is 262 g/mol. The molecule has 0 saturated carbocycles. The first kappa shape index (κ1) is 14.0. The van der Waals surface area contributed by atoms with Crippen LogP contribution in [0.5, 0.6) is 0 Å². The minimum absolute atomic E-state index is 0.00590. The van der Waals surface area contributed by atoms with Gasteiger partial charge in [-0.1, -0.05) is 29.8 Å². The molecule has 3 N–H and O–H groups in total. The number of carbonyl (C=O) groups is 1. The van der Waals surface area contributed by atoms with Crippen LogP contribution in [0.1, 0.15) is 36.9 Å². The van der Waals surface area contributed by atoms with E-state index in [0.29, 0.717) is 6.54 Å². The Morgan fingerprint density at radius 2 is 2.11 bits per heavy atom. The van der Waals surface area contributed by atoms with Gasteiger partial charge in [-0.15, -0.1) is 0 Å². The molecular weight excluding hydrogens is 240 g/mol. The van der Waals surface area contributed by atoms with Gasteiger partial charge in [0.15, 0.2) is 0 Å². The molecule has 4 heteroatoms. The van der Waals surface area contributed by atoms with Crippen molar-refractivity contribution in [2.45, 2.75) is 44.9 Å². The van der Waals surface area contributed by atoms with E-state index < -0.39 is 0 Å². The van der Waals surface area contributed by atoms with Gasteiger partial charge in [0.05, 0.1) is 12.1 Å². The second-order valence-electron chi connectivity index (χ2n) is 5.20. The SMILES string of the molecule is Cc1ccc([C@@H](C)NC(=O)C2CCC(CN)O2)cc1. The molecule has 1 aromatic rings. The highest BCUT2D eigenvalue weighted by Gasteiger charge is 2.30. The Morgan fingerprint density at radius 1 is 1.42 bits per heavy atom. The first-order valence-corrected chi connectivity index (χ1v) is 6.82. The molecule has 1 amide bonds. The van der Waals surface area contributed by atoms with E-state index >= 15 is 0 Å². The highest BCUT2D eigenvalue weighted by molar-refractivity contribution is 5.81. The molecule has 0 radical (unpaired) electrons. The van der Waals surface area contributed by atoms with E-state index in [1.165, 1.54) is 5.56 Å². The Labute approximate surface area is 114 Å². The number of hydrogen-bond donors (Lipinski definition) is 2. The quantitative estimate of drug-likeness (QED) is 0.867. The molecule has 4 nitrogen and oxygen atoms in total. The maximum Gasteiger partial charge on any atom is 0.249 e. The molecule has 104 valence electrons. The molecule has 1 heterocycles. The Kier molecular flexibility index (Phi) is 4.56. The summed E-state index contributed by atoms with van der Waals surface area (Å²) in [6.45, 7) is 4.52. The molecule has 1 aromatic carbocycles. The van der Waals surface area contributed by atoms with E-state index in [-0.39, 0.29) is 24.2 Å². The summed E-state index contributed by atoms with van der Waals surface area (Å²) in [5.74, 6) is -0.0379. The number of benzene rings is 1. The second-order valence-corrected chi connectivity index (χ2v) is 5.20. The zero-order valence-electron chi connectivity index (χ0n) is 11.6. The maximum atomic E-state index is 12.1. The smallest absolute Gasteiger partial charge is 0.249 e. The molecule has 0 aliphatic carbocycles. The van der Waals surface area contributed by atoms with Gasteiger partial charge in [0, 0.05) is 6.54 Å². The van der Waals surface area contributed by atoms with Crippen molar-refractivity contribution >= 4 is 5.91 Å². The van der Waals surface area contributed by atoms with Crippen molar-refractivity contribution in [2.24, 2.45) is 5.73 Å². The highest BCUT2D eigenvalue weighted by Crippen LogP contribution is 2.20. The van der Waals surface area contributed by atoms with Crippen LogP contribution >= 0.6 is 0 Å². The Balaban J connectivity index is 1.90. The molecule has 1 saturated heterocycles. The zero-order valence-corrected chi connectivity index (χ0v) is 11.6. The Bertz CT molecular complexity index is 430. The lowest BCUT2D eigenvalue weighted by Crippen LogP contribution is -2.36. The molecule has 2 rings (SSSR count). The number of carbonyl (C=O) groups excluding carboxylic acids is 1. The number of rotatable bonds is 4. The lowest BCUT2D eigenvalue weighted by Gasteiger charge is -2.18. The van der Waals surface area contributed by atoms with Gasteiger partial charge in [-0.05, 0) is 32.3 Å². The summed E-state index contributed by atoms with van der Waals surface area (Å²) in [4.78, 5) is 12.1. The molecule has 2 unspecified atom stereocenters. The van der Waals surface area contributed by atoms with Crippen molar-refractivity contribution in [3.8, 4) is 0 Å². The summed E-state index contributed by atoms with van der Waals surface area (Å²) in [6.07, 6.45) is 1.31. The fourth-order valence-corrected chi connectivity index (χ4v) is 2.32. The molecule has 1 aliphatic rings. The third-order valence-electron chi connectivity index (χ3n) is 3.60. The third kappa shape index (κ3) is 3.55. The van der Waals surface area contributed by atoms with Crippen molar-refractivity contribution in [1.82, 2.24) is 5.32 Å². The van der Waals surface area contributed by atoms with Gasteiger partial charge >= 0.3 is 0 Å². The maximum absolute atomic E-state index is 12.1. The van der Waals surface area contributed by atoms with Gasteiger partial charge in [-0.25, -0.2) is 0 Å². The van der Waals surface area contributed by atoms with Crippen LogP contribution in [0.25, 0.3) is 0 Å². The van der Waals surface area contributed by atoms with Crippen LogP contribution in [-0.4, -0.2) is 24.7 Å². The Hall–Kier alpha value is -1.39. The number of amides is 1. The summed E-state index contributed by atoms with van der Waals surface area (Å²) in [6, 6.07) is 8.17. The Morgan fingerprint density at radius 3 is 2.68 bits per heavy atom. The number of hydrogen-bond acceptors (Lipinski definition) is 3. The molecule has 0 spiro atoms. The highest BCUT2D eigenvalue weighted by atomic mass is 16.5. The van der Waals surface area contributed by atoms with E-state index in [1.54, 1.807) is 0 Å². The minimum Gasteiger partial charge on any atom is -0.364 e. The number of nitrogens with one attached hydrogen (secondary N) is 1. The van der Waals surface area contributed by atoms with Gasteiger partial charge < -0.3 is 15.8 Å². The topological polar surface area (TPSA) is 64.4 Å². The summed E-state index contributed by atoms with van der Waals surface area (Å²) < 4.78 is 5.59. The lowest BCUT2D eigenvalue weighted by molar-refractivity contribution is -0.132. The summed E-state index contributed by atoms with van der Waals surface area (Å²) >= 11 is 0. The second kappa shape index (κ2) is 6.17. The molecule has 0 bridgehead atoms. The molecule has 19 heavy (non-hydrogen) atoms. The molecule has 1 aliphatic heterocycles. The van der Waals surface area contributed by atoms with Crippen LogP contribution in [-0.2, 0) is 9.53 Å². The van der Waals surface area contributed by atoms with Crippen LogP contribution in [0.3, 0.4) is 0 Å². The molecule has 0 aromatic heterocycles. The molecule has 3 atom stereocenters. The average molecular weight is 262 g/mol. The van der Waals surface area contributed by atoms with Crippen LogP contribution in [0, 0.1) is 6.92 Å². The fraction of sp³-hybridized carbons (Fsp3) is 0.533. The third-order valence-corrected chi connectivity index (χ3v) is 3.60. The van der Waals surface area contributed by atoms with Gasteiger partial charge in [0.2, 0.25) is 5.91 Å².